The average molecular weight is 395 g/mol. The lowest BCUT2D eigenvalue weighted by molar-refractivity contribution is -0.124. The molecule has 2 aromatic rings. The number of rotatable bonds is 5. The number of hydrogen-bond acceptors (Lipinski definition) is 7. The van der Waals surface area contributed by atoms with Crippen LogP contribution in [0.3, 0.4) is 0 Å². The molecule has 1 saturated carbocycles. The minimum Gasteiger partial charge on any atom is -0.367 e. The predicted molar refractivity (Wildman–Crippen MR) is 110 cm³/mol. The van der Waals surface area contributed by atoms with Crippen LogP contribution in [0.4, 0.5) is 11.6 Å². The summed E-state index contributed by atoms with van der Waals surface area (Å²) < 4.78 is 1.80. The van der Waals surface area contributed by atoms with E-state index in [0.717, 1.165) is 62.8 Å². The van der Waals surface area contributed by atoms with Gasteiger partial charge in [0.1, 0.15) is 11.6 Å². The van der Waals surface area contributed by atoms with E-state index >= 15 is 0 Å². The summed E-state index contributed by atoms with van der Waals surface area (Å²) >= 11 is 0. The van der Waals surface area contributed by atoms with Gasteiger partial charge in [0.15, 0.2) is 5.65 Å². The summed E-state index contributed by atoms with van der Waals surface area (Å²) in [4.78, 5) is 33.1. The second kappa shape index (κ2) is 7.14. The van der Waals surface area contributed by atoms with Crippen LogP contribution in [0.5, 0.6) is 0 Å². The van der Waals surface area contributed by atoms with Gasteiger partial charge in [-0.25, -0.2) is 4.98 Å². The Hall–Kier alpha value is -2.94. The smallest absolute Gasteiger partial charge is 0.254 e. The maximum Gasteiger partial charge on any atom is 0.254 e. The fourth-order valence-electron chi connectivity index (χ4n) is 3.87. The predicted octanol–water partition coefficient (Wildman–Crippen LogP) is 0.875. The number of nitrogens with zero attached hydrogens (tertiary/aromatic N) is 5. The first-order valence-corrected chi connectivity index (χ1v) is 10.3. The Kier molecular flexibility index (Phi) is 4.46. The van der Waals surface area contributed by atoms with Crippen molar-refractivity contribution < 1.29 is 9.59 Å². The van der Waals surface area contributed by atoms with E-state index in [1.165, 1.54) is 0 Å². The molecular formula is C20H25N7O2. The molecule has 3 aliphatic rings. The fourth-order valence-corrected chi connectivity index (χ4v) is 3.87. The molecule has 5 rings (SSSR count). The largest absolute Gasteiger partial charge is 0.367 e. The van der Waals surface area contributed by atoms with Crippen molar-refractivity contribution in [2.24, 2.45) is 0 Å². The Morgan fingerprint density at radius 2 is 2.03 bits per heavy atom. The summed E-state index contributed by atoms with van der Waals surface area (Å²) in [6, 6.07) is 2.55. The summed E-state index contributed by atoms with van der Waals surface area (Å²) in [5.41, 5.74) is 1.89. The van der Waals surface area contributed by atoms with E-state index in [1.54, 1.807) is 16.8 Å². The molecule has 0 unspecified atom stereocenters. The summed E-state index contributed by atoms with van der Waals surface area (Å²) in [5.74, 6) is 1.24. The van der Waals surface area contributed by atoms with Crippen molar-refractivity contribution >= 4 is 35.2 Å². The van der Waals surface area contributed by atoms with Gasteiger partial charge in [-0.3, -0.25) is 14.9 Å². The molecule has 2 amide bonds. The third-order valence-electron chi connectivity index (χ3n) is 5.78. The second-order valence-electron chi connectivity index (χ2n) is 7.90. The topological polar surface area (TPSA) is 94.9 Å². The zero-order chi connectivity index (χ0) is 20.0. The first-order valence-electron chi connectivity index (χ1n) is 10.3. The molecule has 2 N–H and O–H groups in total. The first kappa shape index (κ1) is 18.1. The number of hydrogen-bond donors (Lipinski definition) is 2. The third-order valence-corrected chi connectivity index (χ3v) is 5.78. The van der Waals surface area contributed by atoms with Gasteiger partial charge in [-0.15, -0.1) is 0 Å². The monoisotopic (exact) mass is 395 g/mol. The quantitative estimate of drug-likeness (QED) is 0.573. The third kappa shape index (κ3) is 3.57. The van der Waals surface area contributed by atoms with E-state index in [-0.39, 0.29) is 18.2 Å². The molecule has 2 aliphatic heterocycles. The maximum atomic E-state index is 12.0. The number of likely N-dealkylation sites (N-methyl/N-ethyl adjacent to an activating group) is 1. The number of anilines is 2. The van der Waals surface area contributed by atoms with Gasteiger partial charge in [0, 0.05) is 49.4 Å². The van der Waals surface area contributed by atoms with E-state index in [9.17, 15) is 9.59 Å². The summed E-state index contributed by atoms with van der Waals surface area (Å²) in [6.07, 6.45) is 5.86. The highest BCUT2D eigenvalue weighted by atomic mass is 16.2. The molecule has 9 heteroatoms. The van der Waals surface area contributed by atoms with Gasteiger partial charge in [0.2, 0.25) is 5.91 Å². The lowest BCUT2D eigenvalue weighted by atomic mass is 10.1. The van der Waals surface area contributed by atoms with Crippen LogP contribution >= 0.6 is 0 Å². The van der Waals surface area contributed by atoms with E-state index in [2.05, 4.69) is 38.5 Å². The van der Waals surface area contributed by atoms with Crippen LogP contribution in [0.2, 0.25) is 0 Å². The molecule has 0 spiro atoms. The van der Waals surface area contributed by atoms with Crippen LogP contribution in [0.15, 0.2) is 17.8 Å². The van der Waals surface area contributed by atoms with Crippen molar-refractivity contribution in [1.29, 1.82) is 0 Å². The van der Waals surface area contributed by atoms with Gasteiger partial charge in [-0.1, -0.05) is 6.92 Å². The normalized spacial score (nSPS) is 22.0. The Labute approximate surface area is 168 Å². The van der Waals surface area contributed by atoms with Crippen molar-refractivity contribution in [1.82, 2.24) is 24.8 Å². The van der Waals surface area contributed by atoms with Crippen molar-refractivity contribution in [3.63, 3.8) is 0 Å². The highest BCUT2D eigenvalue weighted by Gasteiger charge is 2.26. The lowest BCUT2D eigenvalue weighted by Crippen LogP contribution is -2.46. The molecule has 2 aromatic heterocycles. The molecule has 0 aromatic carbocycles. The van der Waals surface area contributed by atoms with Gasteiger partial charge in [0.05, 0.1) is 12.6 Å². The Morgan fingerprint density at radius 3 is 2.69 bits per heavy atom. The standard InChI is InChI=1S/C20H25N7O2/c1-2-25-5-7-26(8-6-25)16-11-17(22-15-3-4-15)27-19(23-16)14(12-21-27)9-13-10-18(28)24-20(13)29/h9,11-12,15,22H,2-8,10H2,1H3,(H,24,28,29)/b13-9+. The number of carbonyl (C=O) groups is 2. The summed E-state index contributed by atoms with van der Waals surface area (Å²) in [7, 11) is 0. The number of aromatic nitrogens is 3. The fraction of sp³-hybridized carbons (Fsp3) is 0.500. The highest BCUT2D eigenvalue weighted by molar-refractivity contribution is 6.15. The lowest BCUT2D eigenvalue weighted by Gasteiger charge is -2.35. The SMILES string of the molecule is CCN1CCN(c2cc(NC3CC3)n3ncc(/C=C4\CC(=O)NC4=O)c3n2)CC1. The van der Waals surface area contributed by atoms with E-state index in [4.69, 9.17) is 4.98 Å². The Morgan fingerprint density at radius 1 is 1.24 bits per heavy atom. The molecule has 2 saturated heterocycles. The van der Waals surface area contributed by atoms with E-state index in [1.807, 2.05) is 0 Å². The van der Waals surface area contributed by atoms with Crippen LogP contribution in [0.1, 0.15) is 31.7 Å². The van der Waals surface area contributed by atoms with Gasteiger partial charge in [-0.05, 0) is 25.5 Å². The second-order valence-corrected chi connectivity index (χ2v) is 7.90. The van der Waals surface area contributed by atoms with Gasteiger partial charge >= 0.3 is 0 Å². The molecule has 0 bridgehead atoms. The average Bonchev–Trinajstić information content (AvgIpc) is 3.36. The van der Waals surface area contributed by atoms with Crippen LogP contribution in [-0.2, 0) is 9.59 Å². The highest BCUT2D eigenvalue weighted by Crippen LogP contribution is 2.29. The molecule has 152 valence electrons. The van der Waals surface area contributed by atoms with Crippen LogP contribution in [0.25, 0.3) is 11.7 Å². The van der Waals surface area contributed by atoms with Crippen molar-refractivity contribution in [3.8, 4) is 0 Å². The number of amides is 2. The number of piperazine rings is 1. The number of fused-ring (bicyclic) bond motifs is 1. The van der Waals surface area contributed by atoms with E-state index < -0.39 is 0 Å². The minimum absolute atomic E-state index is 0.0992. The van der Waals surface area contributed by atoms with Crippen LogP contribution < -0.4 is 15.5 Å². The summed E-state index contributed by atoms with van der Waals surface area (Å²) in [6.45, 7) is 7.16. The van der Waals surface area contributed by atoms with Crippen molar-refractivity contribution in [3.05, 3.63) is 23.4 Å². The zero-order valence-corrected chi connectivity index (χ0v) is 16.5. The maximum absolute atomic E-state index is 12.0. The molecule has 3 fully saturated rings. The number of nitrogens with one attached hydrogen (secondary N) is 2. The molecule has 1 aliphatic carbocycles. The molecule has 0 radical (unpaired) electrons. The van der Waals surface area contributed by atoms with Crippen molar-refractivity contribution in [2.45, 2.75) is 32.2 Å². The Bertz CT molecular complexity index is 1000. The number of carbonyl (C=O) groups excluding carboxylic acids is 2. The minimum atomic E-state index is -0.336. The molecular weight excluding hydrogens is 370 g/mol. The molecule has 4 heterocycles. The first-order chi connectivity index (χ1) is 14.1. The van der Waals surface area contributed by atoms with Crippen LogP contribution in [-0.4, -0.2) is 70.1 Å². The van der Waals surface area contributed by atoms with E-state index in [0.29, 0.717) is 17.3 Å². The molecule has 29 heavy (non-hydrogen) atoms. The molecule has 0 atom stereocenters. The van der Waals surface area contributed by atoms with Crippen LogP contribution in [0, 0.1) is 0 Å². The zero-order valence-electron chi connectivity index (χ0n) is 16.5. The summed E-state index contributed by atoms with van der Waals surface area (Å²) in [5, 5.41) is 10.4. The van der Waals surface area contributed by atoms with Gasteiger partial charge in [-0.2, -0.15) is 9.61 Å². The number of imide groups is 1. The van der Waals surface area contributed by atoms with Gasteiger partial charge in [0.25, 0.3) is 5.91 Å². The molecule has 9 nitrogen and oxygen atoms in total. The van der Waals surface area contributed by atoms with Crippen molar-refractivity contribution in [2.75, 3.05) is 42.9 Å². The van der Waals surface area contributed by atoms with Gasteiger partial charge < -0.3 is 15.1 Å². The Balaban J connectivity index is 1.53.